The van der Waals surface area contributed by atoms with Gasteiger partial charge in [0.2, 0.25) is 5.91 Å². The predicted octanol–water partition coefficient (Wildman–Crippen LogP) is 2.47. The van der Waals surface area contributed by atoms with E-state index in [-0.39, 0.29) is 24.0 Å². The summed E-state index contributed by atoms with van der Waals surface area (Å²) in [5.74, 6) is 0.610. The number of carbonyl (C=O) groups excluding carboxylic acids is 2. The molecular formula is C17H31NO4. The van der Waals surface area contributed by atoms with Gasteiger partial charge in [-0.05, 0) is 39.5 Å². The highest BCUT2D eigenvalue weighted by Crippen LogP contribution is 2.25. The van der Waals surface area contributed by atoms with Gasteiger partial charge in [0, 0.05) is 24.8 Å². The Morgan fingerprint density at radius 1 is 1.09 bits per heavy atom. The molecule has 0 heterocycles. The van der Waals surface area contributed by atoms with Crippen LogP contribution < -0.4 is 5.32 Å². The number of nitrogens with one attached hydrogen (secondary N) is 1. The average molecular weight is 313 g/mol. The molecule has 5 nitrogen and oxygen atoms in total. The van der Waals surface area contributed by atoms with Crippen LogP contribution in [0.15, 0.2) is 0 Å². The zero-order valence-corrected chi connectivity index (χ0v) is 14.2. The van der Waals surface area contributed by atoms with E-state index in [1.807, 2.05) is 20.8 Å². The number of carbonyl (C=O) groups is 2. The maximum Gasteiger partial charge on any atom is 0.222 e. The molecule has 1 aliphatic carbocycles. The molecule has 0 aromatic carbocycles. The number of ether oxygens (including phenoxy) is 2. The number of ketones is 1. The fourth-order valence-electron chi connectivity index (χ4n) is 2.76. The first-order valence-corrected chi connectivity index (χ1v) is 8.54. The van der Waals surface area contributed by atoms with Gasteiger partial charge in [0.25, 0.3) is 0 Å². The van der Waals surface area contributed by atoms with Gasteiger partial charge in [-0.3, -0.25) is 9.59 Å². The maximum atomic E-state index is 11.8. The molecule has 1 amide bonds. The molecule has 1 N–H and O–H groups in total. The molecule has 0 atom stereocenters. The molecule has 0 aromatic rings. The summed E-state index contributed by atoms with van der Waals surface area (Å²) in [7, 11) is 0. The first-order valence-electron chi connectivity index (χ1n) is 8.54. The van der Waals surface area contributed by atoms with E-state index in [0.29, 0.717) is 38.4 Å². The summed E-state index contributed by atoms with van der Waals surface area (Å²) in [5.41, 5.74) is 0. The van der Waals surface area contributed by atoms with Gasteiger partial charge in [0.15, 0.2) is 0 Å². The zero-order chi connectivity index (χ0) is 16.4. The molecule has 0 aliphatic heterocycles. The van der Waals surface area contributed by atoms with Crippen molar-refractivity contribution in [2.45, 2.75) is 71.4 Å². The summed E-state index contributed by atoms with van der Waals surface area (Å²) in [5, 5.41) is 3.04. The van der Waals surface area contributed by atoms with Crippen LogP contribution in [-0.4, -0.2) is 43.7 Å². The highest BCUT2D eigenvalue weighted by molar-refractivity contribution is 5.80. The number of rotatable bonds is 10. The van der Waals surface area contributed by atoms with E-state index in [0.717, 1.165) is 25.7 Å². The molecule has 0 unspecified atom stereocenters. The SMILES string of the molecule is CCC(=O)C1CCC(NC(=O)CCOCCOC(C)C)CC1. The van der Waals surface area contributed by atoms with E-state index >= 15 is 0 Å². The lowest BCUT2D eigenvalue weighted by Gasteiger charge is -2.28. The van der Waals surface area contributed by atoms with Crippen LogP contribution >= 0.6 is 0 Å². The summed E-state index contributed by atoms with van der Waals surface area (Å²) in [4.78, 5) is 23.5. The van der Waals surface area contributed by atoms with Gasteiger partial charge in [-0.15, -0.1) is 0 Å². The largest absolute Gasteiger partial charge is 0.379 e. The van der Waals surface area contributed by atoms with Gasteiger partial charge < -0.3 is 14.8 Å². The Morgan fingerprint density at radius 3 is 2.36 bits per heavy atom. The fraction of sp³-hybridized carbons (Fsp3) is 0.882. The maximum absolute atomic E-state index is 11.8. The van der Waals surface area contributed by atoms with Crippen molar-refractivity contribution in [1.82, 2.24) is 5.32 Å². The summed E-state index contributed by atoms with van der Waals surface area (Å²) in [6.07, 6.45) is 4.84. The van der Waals surface area contributed by atoms with Crippen LogP contribution in [-0.2, 0) is 19.1 Å². The van der Waals surface area contributed by atoms with Crippen molar-refractivity contribution < 1.29 is 19.1 Å². The van der Waals surface area contributed by atoms with Crippen LogP contribution in [0.4, 0.5) is 0 Å². The van der Waals surface area contributed by atoms with Crippen molar-refractivity contribution in [3.8, 4) is 0 Å². The molecule has 1 rings (SSSR count). The Bertz CT molecular complexity index is 336. The van der Waals surface area contributed by atoms with Crippen LogP contribution in [0.3, 0.4) is 0 Å². The Labute approximate surface area is 134 Å². The van der Waals surface area contributed by atoms with Crippen molar-refractivity contribution in [3.63, 3.8) is 0 Å². The molecule has 0 aromatic heterocycles. The third-order valence-corrected chi connectivity index (χ3v) is 4.05. The Hall–Kier alpha value is -0.940. The second-order valence-electron chi connectivity index (χ2n) is 6.22. The van der Waals surface area contributed by atoms with E-state index in [2.05, 4.69) is 5.32 Å². The Kier molecular flexibility index (Phi) is 9.32. The van der Waals surface area contributed by atoms with Gasteiger partial charge in [0.05, 0.1) is 25.9 Å². The smallest absolute Gasteiger partial charge is 0.222 e. The Balaban J connectivity index is 2.05. The topological polar surface area (TPSA) is 64.6 Å². The first-order chi connectivity index (χ1) is 10.5. The first kappa shape index (κ1) is 19.1. The predicted molar refractivity (Wildman–Crippen MR) is 85.7 cm³/mol. The second kappa shape index (κ2) is 10.7. The highest BCUT2D eigenvalue weighted by atomic mass is 16.5. The van der Waals surface area contributed by atoms with Gasteiger partial charge in [0.1, 0.15) is 5.78 Å². The minimum absolute atomic E-state index is 0.0371. The van der Waals surface area contributed by atoms with Crippen molar-refractivity contribution in [2.75, 3.05) is 19.8 Å². The monoisotopic (exact) mass is 313 g/mol. The number of Topliss-reactive ketones (excluding diaryl/α,β-unsaturated/α-hetero) is 1. The number of amides is 1. The molecule has 0 saturated heterocycles. The molecule has 0 radical (unpaired) electrons. The van der Waals surface area contributed by atoms with Gasteiger partial charge in [-0.25, -0.2) is 0 Å². The van der Waals surface area contributed by atoms with Crippen molar-refractivity contribution in [2.24, 2.45) is 5.92 Å². The van der Waals surface area contributed by atoms with Crippen LogP contribution in [0.1, 0.15) is 59.3 Å². The third-order valence-electron chi connectivity index (χ3n) is 4.05. The Morgan fingerprint density at radius 2 is 1.77 bits per heavy atom. The highest BCUT2D eigenvalue weighted by Gasteiger charge is 2.25. The summed E-state index contributed by atoms with van der Waals surface area (Å²) < 4.78 is 10.7. The van der Waals surface area contributed by atoms with E-state index in [1.54, 1.807) is 0 Å². The molecule has 0 bridgehead atoms. The lowest BCUT2D eigenvalue weighted by Crippen LogP contribution is -2.39. The fourth-order valence-corrected chi connectivity index (χ4v) is 2.76. The number of hydrogen-bond donors (Lipinski definition) is 1. The van der Waals surface area contributed by atoms with Crippen LogP contribution in [0.5, 0.6) is 0 Å². The van der Waals surface area contributed by atoms with Crippen LogP contribution in [0, 0.1) is 5.92 Å². The van der Waals surface area contributed by atoms with Crippen molar-refractivity contribution >= 4 is 11.7 Å². The minimum atomic E-state index is 0.0371. The van der Waals surface area contributed by atoms with E-state index in [9.17, 15) is 9.59 Å². The van der Waals surface area contributed by atoms with Gasteiger partial charge >= 0.3 is 0 Å². The van der Waals surface area contributed by atoms with Crippen LogP contribution in [0.2, 0.25) is 0 Å². The van der Waals surface area contributed by atoms with Gasteiger partial charge in [-0.2, -0.15) is 0 Å². The molecule has 1 aliphatic rings. The van der Waals surface area contributed by atoms with Gasteiger partial charge in [-0.1, -0.05) is 6.92 Å². The summed E-state index contributed by atoms with van der Waals surface area (Å²) >= 11 is 0. The molecular weight excluding hydrogens is 282 g/mol. The summed E-state index contributed by atoms with van der Waals surface area (Å²) in [6, 6.07) is 0.220. The van der Waals surface area contributed by atoms with E-state index < -0.39 is 0 Å². The van der Waals surface area contributed by atoms with Crippen molar-refractivity contribution in [3.05, 3.63) is 0 Å². The van der Waals surface area contributed by atoms with E-state index in [4.69, 9.17) is 9.47 Å². The standard InChI is InChI=1S/C17H31NO4/c1-4-16(19)14-5-7-15(8-6-14)18-17(20)9-10-21-11-12-22-13(2)3/h13-15H,4-12H2,1-3H3,(H,18,20). The molecule has 1 fully saturated rings. The normalized spacial score (nSPS) is 21.8. The second-order valence-corrected chi connectivity index (χ2v) is 6.22. The molecule has 22 heavy (non-hydrogen) atoms. The van der Waals surface area contributed by atoms with Crippen LogP contribution in [0.25, 0.3) is 0 Å². The third kappa shape index (κ3) is 7.90. The quantitative estimate of drug-likeness (QED) is 0.629. The zero-order valence-electron chi connectivity index (χ0n) is 14.2. The molecule has 5 heteroatoms. The molecule has 1 saturated carbocycles. The lowest BCUT2D eigenvalue weighted by molar-refractivity contribution is -0.124. The van der Waals surface area contributed by atoms with E-state index in [1.165, 1.54) is 0 Å². The molecule has 128 valence electrons. The molecule has 0 spiro atoms. The van der Waals surface area contributed by atoms with Crippen molar-refractivity contribution in [1.29, 1.82) is 0 Å². The summed E-state index contributed by atoms with van der Waals surface area (Å²) in [6.45, 7) is 7.40. The average Bonchev–Trinajstić information content (AvgIpc) is 2.50. The number of hydrogen-bond acceptors (Lipinski definition) is 4. The minimum Gasteiger partial charge on any atom is -0.379 e. The lowest BCUT2D eigenvalue weighted by atomic mass is 9.83.